The fourth-order valence-corrected chi connectivity index (χ4v) is 7.83. The topological polar surface area (TPSA) is 188 Å². The lowest BCUT2D eigenvalue weighted by Gasteiger charge is -2.39. The average molecular weight is 826 g/mol. The first-order chi connectivity index (χ1) is 27.4. The standard InChI is InChI=1S/C43H63N5O9S/c1-10-12-15-22-56-48(41(53)37(28(5)11-2)46-39(52)34-16-13-14-21-47(34)9)35(27(3)4)24-36(57-29(6)49)40-45-33(26-58-40)38(51)44-31(25-43(7,8)42(54)55)23-30-17-19-32(50)20-18-30/h1,17-20,26-28,31,34-37,50H,11-16,21-25H2,2-9H3,(H,44,51)(H,46,52)(H,54,55)/t28-,31-,34+,35+,36?,37-/m0/s1. The second-order valence-corrected chi connectivity index (χ2v) is 17.2. The minimum absolute atomic E-state index is 0.0489. The second-order valence-electron chi connectivity index (χ2n) is 16.3. The van der Waals surface area contributed by atoms with Gasteiger partial charge in [-0.25, -0.2) is 10.0 Å². The quantitative estimate of drug-likeness (QED) is 0.0479. The number of carboxylic acids is 1. The number of aromatic hydroxyl groups is 1. The van der Waals surface area contributed by atoms with Crippen LogP contribution in [0.1, 0.15) is 127 Å². The van der Waals surface area contributed by atoms with Crippen molar-refractivity contribution in [3.05, 3.63) is 45.9 Å². The van der Waals surface area contributed by atoms with Gasteiger partial charge in [0.25, 0.3) is 11.8 Å². The van der Waals surface area contributed by atoms with E-state index in [1.165, 1.54) is 24.1 Å². The Morgan fingerprint density at radius 1 is 1.12 bits per heavy atom. The van der Waals surface area contributed by atoms with E-state index < -0.39 is 53.4 Å². The Hall–Kier alpha value is -4.52. The molecule has 3 amide bonds. The number of thiazole rings is 1. The number of aliphatic carboxylic acids is 1. The Bertz CT molecular complexity index is 1720. The summed E-state index contributed by atoms with van der Waals surface area (Å²) in [6.45, 7) is 13.1. The normalized spacial score (nSPS) is 17.3. The van der Waals surface area contributed by atoms with E-state index in [-0.39, 0.29) is 54.7 Å². The number of likely N-dealkylation sites (N-methyl/N-ethyl adjacent to an activating group) is 1. The van der Waals surface area contributed by atoms with Gasteiger partial charge < -0.3 is 25.6 Å². The largest absolute Gasteiger partial charge is 0.508 e. The number of carbonyl (C=O) groups excluding carboxylic acids is 4. The number of amides is 3. The van der Waals surface area contributed by atoms with Gasteiger partial charge in [0, 0.05) is 31.2 Å². The van der Waals surface area contributed by atoms with Crippen molar-refractivity contribution in [3.8, 4) is 18.1 Å². The van der Waals surface area contributed by atoms with Crippen LogP contribution >= 0.6 is 11.3 Å². The highest BCUT2D eigenvalue weighted by Gasteiger charge is 2.40. The molecule has 6 atom stereocenters. The molecule has 0 bridgehead atoms. The van der Waals surface area contributed by atoms with Crippen LogP contribution in [-0.2, 0) is 35.2 Å². The molecule has 0 saturated carbocycles. The number of aromatic nitrogens is 1. The van der Waals surface area contributed by atoms with Gasteiger partial charge in [-0.15, -0.1) is 23.7 Å². The number of hydrogen-bond donors (Lipinski definition) is 4. The van der Waals surface area contributed by atoms with Crippen molar-refractivity contribution >= 4 is 41.0 Å². The van der Waals surface area contributed by atoms with Crippen molar-refractivity contribution in [2.45, 2.75) is 137 Å². The van der Waals surface area contributed by atoms with Gasteiger partial charge in [-0.05, 0) is 89.1 Å². The maximum Gasteiger partial charge on any atom is 0.309 e. The van der Waals surface area contributed by atoms with Gasteiger partial charge in [0.2, 0.25) is 5.91 Å². The van der Waals surface area contributed by atoms with Crippen molar-refractivity contribution in [1.82, 2.24) is 25.6 Å². The van der Waals surface area contributed by atoms with Crippen LogP contribution in [0, 0.1) is 29.6 Å². The van der Waals surface area contributed by atoms with Gasteiger partial charge >= 0.3 is 11.9 Å². The fourth-order valence-electron chi connectivity index (χ4n) is 6.99. The number of unbranched alkanes of at least 4 members (excludes halogenated alkanes) is 1. The maximum atomic E-state index is 14.7. The summed E-state index contributed by atoms with van der Waals surface area (Å²) in [4.78, 5) is 79.5. The van der Waals surface area contributed by atoms with Gasteiger partial charge in [-0.3, -0.25) is 33.7 Å². The van der Waals surface area contributed by atoms with E-state index in [2.05, 4.69) is 21.5 Å². The van der Waals surface area contributed by atoms with Crippen LogP contribution in [0.2, 0.25) is 0 Å². The molecule has 2 heterocycles. The predicted molar refractivity (Wildman–Crippen MR) is 221 cm³/mol. The van der Waals surface area contributed by atoms with Crippen molar-refractivity contribution in [1.29, 1.82) is 0 Å². The van der Waals surface area contributed by atoms with Crippen LogP contribution < -0.4 is 10.6 Å². The molecule has 1 fully saturated rings. The number of nitrogens with one attached hydrogen (secondary N) is 2. The van der Waals surface area contributed by atoms with E-state index >= 15 is 0 Å². The molecule has 2 aromatic rings. The first kappa shape index (κ1) is 47.9. The number of likely N-dealkylation sites (tertiary alicyclic amines) is 1. The molecule has 14 nitrogen and oxygen atoms in total. The number of rotatable bonds is 22. The minimum atomic E-state index is -1.16. The monoisotopic (exact) mass is 825 g/mol. The van der Waals surface area contributed by atoms with Crippen LogP contribution in [0.3, 0.4) is 0 Å². The lowest BCUT2D eigenvalue weighted by molar-refractivity contribution is -0.213. The highest BCUT2D eigenvalue weighted by atomic mass is 32.1. The smallest absolute Gasteiger partial charge is 0.309 e. The Kier molecular flexibility index (Phi) is 18.6. The van der Waals surface area contributed by atoms with Gasteiger partial charge in [0.05, 0.1) is 24.1 Å². The molecule has 58 heavy (non-hydrogen) atoms. The van der Waals surface area contributed by atoms with Crippen molar-refractivity contribution in [2.24, 2.45) is 17.3 Å². The number of terminal acetylenes is 1. The predicted octanol–water partition coefficient (Wildman–Crippen LogP) is 5.90. The van der Waals surface area contributed by atoms with Gasteiger partial charge in [-0.2, -0.15) is 0 Å². The first-order valence-corrected chi connectivity index (χ1v) is 21.1. The summed E-state index contributed by atoms with van der Waals surface area (Å²) >= 11 is 1.12. The van der Waals surface area contributed by atoms with E-state index in [4.69, 9.17) is 16.0 Å². The maximum absolute atomic E-state index is 14.7. The highest BCUT2D eigenvalue weighted by Crippen LogP contribution is 2.32. The summed E-state index contributed by atoms with van der Waals surface area (Å²) in [6.07, 6.45) is 9.14. The van der Waals surface area contributed by atoms with Crippen molar-refractivity contribution < 1.29 is 43.8 Å². The van der Waals surface area contributed by atoms with E-state index in [0.717, 1.165) is 36.3 Å². The molecule has 1 aliphatic rings. The summed E-state index contributed by atoms with van der Waals surface area (Å²) in [5.74, 6) is -0.576. The van der Waals surface area contributed by atoms with Crippen LogP contribution in [0.15, 0.2) is 29.6 Å². The molecule has 1 aliphatic heterocycles. The number of phenols is 1. The number of ether oxygens (including phenoxy) is 1. The van der Waals surface area contributed by atoms with E-state index in [9.17, 15) is 34.2 Å². The number of hydrogen-bond acceptors (Lipinski definition) is 11. The van der Waals surface area contributed by atoms with Crippen molar-refractivity contribution in [3.63, 3.8) is 0 Å². The van der Waals surface area contributed by atoms with Crippen LogP contribution in [0.25, 0.3) is 0 Å². The Morgan fingerprint density at radius 3 is 2.40 bits per heavy atom. The first-order valence-electron chi connectivity index (χ1n) is 20.2. The van der Waals surface area contributed by atoms with Gasteiger partial charge in [0.15, 0.2) is 6.10 Å². The molecule has 4 N–H and O–H groups in total. The lowest BCUT2D eigenvalue weighted by Crippen LogP contribution is -2.58. The fraction of sp³-hybridized carbons (Fsp3) is 0.628. The Labute approximate surface area is 347 Å². The number of phenolic OH excluding ortho intramolecular Hbond substituents is 1. The number of esters is 1. The molecule has 0 radical (unpaired) electrons. The number of hydroxylamine groups is 2. The number of piperidine rings is 1. The van der Waals surface area contributed by atoms with E-state index in [1.54, 1.807) is 31.4 Å². The Morgan fingerprint density at radius 2 is 1.81 bits per heavy atom. The van der Waals surface area contributed by atoms with Gasteiger partial charge in [0.1, 0.15) is 22.5 Å². The number of benzene rings is 1. The molecule has 1 aromatic heterocycles. The van der Waals surface area contributed by atoms with E-state index in [0.29, 0.717) is 37.1 Å². The summed E-state index contributed by atoms with van der Waals surface area (Å²) < 4.78 is 5.83. The molecule has 320 valence electrons. The minimum Gasteiger partial charge on any atom is -0.508 e. The summed E-state index contributed by atoms with van der Waals surface area (Å²) in [5, 5.41) is 28.8. The van der Waals surface area contributed by atoms with Crippen LogP contribution in [0.4, 0.5) is 0 Å². The highest BCUT2D eigenvalue weighted by molar-refractivity contribution is 7.09. The lowest BCUT2D eigenvalue weighted by atomic mass is 9.84. The van der Waals surface area contributed by atoms with E-state index in [1.807, 2.05) is 39.6 Å². The molecule has 0 spiro atoms. The van der Waals surface area contributed by atoms with Crippen molar-refractivity contribution in [2.75, 3.05) is 20.2 Å². The second kappa shape index (κ2) is 22.6. The van der Waals surface area contributed by atoms with Crippen LogP contribution in [-0.4, -0.2) is 99.2 Å². The zero-order valence-electron chi connectivity index (χ0n) is 35.3. The Balaban J connectivity index is 1.94. The SMILES string of the molecule is C#CCCCON(C(=O)[C@@H](NC(=O)[C@H]1CCCCN1C)[C@@H](C)CC)[C@H](CC(OC(C)=O)c1nc(C(=O)N[C@@H](Cc2ccc(O)cc2)CC(C)(C)C(=O)O)cs1)C(C)C. The van der Waals surface area contributed by atoms with Crippen LogP contribution in [0.5, 0.6) is 5.75 Å². The molecular formula is C43H63N5O9S. The number of carboxylic acid groups (broad SMARTS) is 1. The molecule has 1 unspecified atom stereocenters. The third-order valence-electron chi connectivity index (χ3n) is 10.7. The average Bonchev–Trinajstić information content (AvgIpc) is 3.67. The number of carbonyl (C=O) groups is 5. The molecule has 1 saturated heterocycles. The molecule has 15 heteroatoms. The van der Waals surface area contributed by atoms with Gasteiger partial charge in [-0.1, -0.05) is 52.7 Å². The summed E-state index contributed by atoms with van der Waals surface area (Å²) in [6, 6.07) is 3.94. The molecule has 3 rings (SSSR count). The zero-order chi connectivity index (χ0) is 43.2. The summed E-state index contributed by atoms with van der Waals surface area (Å²) in [5.41, 5.74) is -0.327. The third-order valence-corrected chi connectivity index (χ3v) is 11.7. The molecular weight excluding hydrogens is 763 g/mol. The molecule has 0 aliphatic carbocycles. The summed E-state index contributed by atoms with van der Waals surface area (Å²) in [7, 11) is 1.91. The third kappa shape index (κ3) is 14.1. The zero-order valence-corrected chi connectivity index (χ0v) is 36.1. The number of nitrogens with zero attached hydrogens (tertiary/aromatic N) is 3. The molecule has 1 aromatic carbocycles.